The van der Waals surface area contributed by atoms with Gasteiger partial charge in [-0.15, -0.1) is 33.2 Å². The lowest BCUT2D eigenvalue weighted by molar-refractivity contribution is 1.22. The normalized spacial score (nSPS) is 13.2. The summed E-state index contributed by atoms with van der Waals surface area (Å²) in [7, 11) is -1.19. The zero-order valence-corrected chi connectivity index (χ0v) is 12.2. The molecule has 0 aliphatic heterocycles. The van der Waals surface area contributed by atoms with E-state index in [4.69, 9.17) is 33.2 Å². The van der Waals surface area contributed by atoms with E-state index in [0.29, 0.717) is 0 Å². The van der Waals surface area contributed by atoms with Crippen LogP contribution in [0.15, 0.2) is 0 Å². The average molecular weight is 262 g/mol. The molecule has 0 saturated carbocycles. The van der Waals surface area contributed by atoms with Crippen molar-refractivity contribution in [3.05, 3.63) is 0 Å². The summed E-state index contributed by atoms with van der Waals surface area (Å²) >= 11 is 17.9. The first-order chi connectivity index (χ1) is 5.39. The van der Waals surface area contributed by atoms with Crippen molar-refractivity contribution < 1.29 is 0 Å². The lowest BCUT2D eigenvalue weighted by Gasteiger charge is -2.29. The second-order valence-corrected chi connectivity index (χ2v) is 18.7. The van der Waals surface area contributed by atoms with Gasteiger partial charge < -0.3 is 0 Å². The molecule has 0 aromatic rings. The predicted octanol–water partition coefficient (Wildman–Crippen LogP) is 3.58. The highest BCUT2D eigenvalue weighted by molar-refractivity contribution is 7.90. The van der Waals surface area contributed by atoms with Gasteiger partial charge in [-0.1, -0.05) is 38.9 Å². The van der Waals surface area contributed by atoms with Gasteiger partial charge in [0.15, 0.2) is 6.46 Å². The number of hydrogen-bond acceptors (Lipinski definition) is 0. The maximum Gasteiger partial charge on any atom is 0.298 e. The van der Waals surface area contributed by atoms with Crippen LogP contribution in [0.2, 0.25) is 18.1 Å². The highest BCUT2D eigenvalue weighted by Gasteiger charge is 2.39. The second kappa shape index (κ2) is 5.30. The quantitative estimate of drug-likeness (QED) is 0.524. The standard InChI is InChI=1S/C6H16BCl3Si2/c1-4-11(5-2,6-3)7-12(8,9)10/h7H,4-6H2,1-3H3. The van der Waals surface area contributed by atoms with Gasteiger partial charge in [0, 0.05) is 7.94 Å². The molecule has 0 spiro atoms. The van der Waals surface area contributed by atoms with Crippen molar-refractivity contribution in [2.75, 3.05) is 0 Å². The van der Waals surface area contributed by atoms with Crippen LogP contribution in [-0.4, -0.2) is 20.3 Å². The van der Waals surface area contributed by atoms with Crippen LogP contribution in [0.5, 0.6) is 0 Å². The van der Waals surface area contributed by atoms with Crippen molar-refractivity contribution in [2.24, 2.45) is 0 Å². The lowest BCUT2D eigenvalue weighted by atomic mass is 10.7. The van der Waals surface area contributed by atoms with Gasteiger partial charge >= 0.3 is 0 Å². The molecule has 0 nitrogen and oxygen atoms in total. The summed E-state index contributed by atoms with van der Waals surface area (Å²) in [5.41, 5.74) is 0. The van der Waals surface area contributed by atoms with Crippen LogP contribution in [-0.2, 0) is 0 Å². The Morgan fingerprint density at radius 1 is 0.917 bits per heavy atom. The summed E-state index contributed by atoms with van der Waals surface area (Å²) in [6.07, 6.45) is 0. The number of rotatable bonds is 5. The highest BCUT2D eigenvalue weighted by Crippen LogP contribution is 2.28. The predicted molar refractivity (Wildman–Crippen MR) is 67.7 cm³/mol. The van der Waals surface area contributed by atoms with Crippen molar-refractivity contribution >= 4 is 53.5 Å². The molecule has 0 aliphatic rings. The molecule has 0 aromatic heterocycles. The SMILES string of the molecule is CC[Si](B[Si](Cl)(Cl)Cl)(CC)CC. The van der Waals surface area contributed by atoms with E-state index in [1.54, 1.807) is 0 Å². The molecular weight excluding hydrogens is 245 g/mol. The summed E-state index contributed by atoms with van der Waals surface area (Å²) in [6.45, 7) is 7.66. The zero-order valence-electron chi connectivity index (χ0n) is 7.96. The maximum absolute atomic E-state index is 5.96. The van der Waals surface area contributed by atoms with E-state index in [-0.39, 0.29) is 0 Å². The molecular formula is C6H16BCl3Si2. The first-order valence-electron chi connectivity index (χ1n) is 4.46. The molecule has 0 aromatic carbocycles. The van der Waals surface area contributed by atoms with Crippen molar-refractivity contribution in [1.29, 1.82) is 0 Å². The molecule has 0 rings (SSSR count). The summed E-state index contributed by atoms with van der Waals surface area (Å²) in [5, 5.41) is 0. The summed E-state index contributed by atoms with van der Waals surface area (Å²) < 4.78 is 0. The lowest BCUT2D eigenvalue weighted by Crippen LogP contribution is -2.48. The fourth-order valence-corrected chi connectivity index (χ4v) is 17.1. The van der Waals surface area contributed by atoms with E-state index >= 15 is 0 Å². The van der Waals surface area contributed by atoms with Gasteiger partial charge in [-0.25, -0.2) is 0 Å². The van der Waals surface area contributed by atoms with E-state index in [1.165, 1.54) is 18.1 Å². The number of hydrogen-bond donors (Lipinski definition) is 0. The molecule has 0 radical (unpaired) electrons. The minimum absolute atomic E-state index is 0.939. The average Bonchev–Trinajstić information content (AvgIpc) is 1.99. The van der Waals surface area contributed by atoms with Gasteiger partial charge in [0.2, 0.25) is 0 Å². The van der Waals surface area contributed by atoms with E-state index < -0.39 is 13.8 Å². The van der Waals surface area contributed by atoms with Gasteiger partial charge in [-0.2, -0.15) is 0 Å². The smallest absolute Gasteiger partial charge is 0.136 e. The monoisotopic (exact) mass is 260 g/mol. The first kappa shape index (κ1) is 13.4. The van der Waals surface area contributed by atoms with Crippen molar-refractivity contribution in [3.8, 4) is 0 Å². The molecule has 0 amide bonds. The van der Waals surface area contributed by atoms with Crippen molar-refractivity contribution in [3.63, 3.8) is 0 Å². The molecule has 72 valence electrons. The third-order valence-corrected chi connectivity index (χ3v) is 15.5. The Morgan fingerprint density at radius 2 is 1.25 bits per heavy atom. The minimum Gasteiger partial charge on any atom is -0.136 e. The number of halogens is 3. The molecule has 0 saturated heterocycles. The van der Waals surface area contributed by atoms with Crippen LogP contribution in [0, 0.1) is 0 Å². The van der Waals surface area contributed by atoms with Gasteiger partial charge in [0.1, 0.15) is 0 Å². The Bertz CT molecular complexity index is 125. The van der Waals surface area contributed by atoms with E-state index in [0.717, 1.165) is 6.46 Å². The summed E-state index contributed by atoms with van der Waals surface area (Å²) in [6, 6.07) is 3.75. The third-order valence-electron chi connectivity index (χ3n) is 2.83. The van der Waals surface area contributed by atoms with Gasteiger partial charge in [-0.05, 0) is 0 Å². The Kier molecular flexibility index (Phi) is 5.90. The highest BCUT2D eigenvalue weighted by atomic mass is 35.8. The summed E-state index contributed by atoms with van der Waals surface area (Å²) in [4.78, 5) is 0. The molecule has 6 heteroatoms. The molecule has 0 heterocycles. The second-order valence-electron chi connectivity index (χ2n) is 3.35. The molecule has 0 unspecified atom stereocenters. The third kappa shape index (κ3) is 4.56. The zero-order chi connectivity index (χ0) is 9.83. The topological polar surface area (TPSA) is 0 Å². The molecule has 0 bridgehead atoms. The van der Waals surface area contributed by atoms with E-state index in [1.807, 2.05) is 0 Å². The molecule has 0 N–H and O–H groups in total. The molecule has 12 heavy (non-hydrogen) atoms. The van der Waals surface area contributed by atoms with Crippen molar-refractivity contribution in [1.82, 2.24) is 0 Å². The van der Waals surface area contributed by atoms with Crippen LogP contribution < -0.4 is 0 Å². The van der Waals surface area contributed by atoms with Gasteiger partial charge in [-0.3, -0.25) is 0 Å². The Balaban J connectivity index is 4.30. The van der Waals surface area contributed by atoms with E-state index in [2.05, 4.69) is 20.8 Å². The fraction of sp³-hybridized carbons (Fsp3) is 1.00. The van der Waals surface area contributed by atoms with Gasteiger partial charge in [0.25, 0.3) is 5.87 Å². The van der Waals surface area contributed by atoms with Crippen LogP contribution in [0.4, 0.5) is 0 Å². The molecule has 0 fully saturated rings. The fourth-order valence-electron chi connectivity index (χ4n) is 1.55. The van der Waals surface area contributed by atoms with Crippen LogP contribution >= 0.6 is 33.2 Å². The minimum atomic E-state index is -2.38. The summed E-state index contributed by atoms with van der Waals surface area (Å²) in [5.74, 6) is -2.38. The Morgan fingerprint density at radius 3 is 1.33 bits per heavy atom. The van der Waals surface area contributed by atoms with Crippen LogP contribution in [0.25, 0.3) is 0 Å². The maximum atomic E-state index is 5.96. The Labute approximate surface area is 92.2 Å². The molecule has 0 aliphatic carbocycles. The van der Waals surface area contributed by atoms with Crippen LogP contribution in [0.1, 0.15) is 20.8 Å². The molecule has 0 atom stereocenters. The van der Waals surface area contributed by atoms with Crippen LogP contribution in [0.3, 0.4) is 0 Å². The first-order valence-corrected chi connectivity index (χ1v) is 12.5. The van der Waals surface area contributed by atoms with Gasteiger partial charge in [0.05, 0.1) is 0 Å². The largest absolute Gasteiger partial charge is 0.298 e. The van der Waals surface area contributed by atoms with Crippen molar-refractivity contribution in [2.45, 2.75) is 38.9 Å². The van der Waals surface area contributed by atoms with E-state index in [9.17, 15) is 0 Å². The Hall–Kier alpha value is 1.37.